The molecule has 0 bridgehead atoms. The minimum absolute atomic E-state index is 0.312. The van der Waals surface area contributed by atoms with E-state index in [-0.39, 0.29) is 0 Å². The van der Waals surface area contributed by atoms with E-state index in [2.05, 4.69) is 4.98 Å². The van der Waals surface area contributed by atoms with Crippen LogP contribution in [-0.4, -0.2) is 4.98 Å². The van der Waals surface area contributed by atoms with Crippen molar-refractivity contribution in [1.29, 1.82) is 0 Å². The molecule has 0 spiro atoms. The monoisotopic (exact) mass is 162 g/mol. The zero-order valence-electron chi connectivity index (χ0n) is 7.16. The van der Waals surface area contributed by atoms with Gasteiger partial charge in [-0.3, -0.25) is 4.98 Å². The highest BCUT2D eigenvalue weighted by molar-refractivity contribution is 5.15. The molecule has 0 N–H and O–H groups in total. The molecule has 0 aromatic carbocycles. The number of nitrogens with zero attached hydrogens (tertiary/aromatic N) is 1. The summed E-state index contributed by atoms with van der Waals surface area (Å²) in [5, 5.41) is 12.0. The topological polar surface area (TPSA) is 32.8 Å². The first-order valence-electron chi connectivity index (χ1n) is 4.33. The molecule has 0 saturated heterocycles. The molecule has 1 fully saturated rings. The van der Waals surface area contributed by atoms with Crippen molar-refractivity contribution in [3.63, 3.8) is 0 Å². The van der Waals surface area contributed by atoms with Crippen molar-refractivity contribution in [3.05, 3.63) is 30.1 Å². The van der Waals surface area contributed by atoms with Gasteiger partial charge in [0.25, 0.3) is 0 Å². The number of hydrogen-bond donors (Lipinski definition) is 0. The van der Waals surface area contributed by atoms with Crippen molar-refractivity contribution >= 4 is 0 Å². The van der Waals surface area contributed by atoms with Crippen molar-refractivity contribution in [2.75, 3.05) is 0 Å². The molecule has 1 atom stereocenters. The van der Waals surface area contributed by atoms with Gasteiger partial charge in [-0.05, 0) is 37.8 Å². The summed E-state index contributed by atoms with van der Waals surface area (Å²) in [5.41, 5.74) is -0.270. The van der Waals surface area contributed by atoms with Gasteiger partial charge in [0.05, 0.1) is 5.69 Å². The van der Waals surface area contributed by atoms with Crippen molar-refractivity contribution in [1.82, 2.24) is 4.98 Å². The van der Waals surface area contributed by atoms with Crippen molar-refractivity contribution in [2.24, 2.45) is 5.92 Å². The normalized spacial score (nSPS) is 21.8. The lowest BCUT2D eigenvalue weighted by Gasteiger charge is -2.18. The maximum absolute atomic E-state index is 12.0. The van der Waals surface area contributed by atoms with Crippen LogP contribution in [-0.2, 0) is 10.7 Å². The molecular formula is C10H12NO. The molecule has 12 heavy (non-hydrogen) atoms. The molecule has 2 heteroatoms. The first-order valence-corrected chi connectivity index (χ1v) is 4.33. The van der Waals surface area contributed by atoms with Crippen LogP contribution in [0, 0.1) is 5.92 Å². The largest absolute Gasteiger partial charge is 0.258 e. The summed E-state index contributed by atoms with van der Waals surface area (Å²) in [6, 6.07) is 5.54. The van der Waals surface area contributed by atoms with Crippen LogP contribution in [0.3, 0.4) is 0 Å². The summed E-state index contributed by atoms with van der Waals surface area (Å²) < 4.78 is 0. The summed E-state index contributed by atoms with van der Waals surface area (Å²) in [7, 11) is 0. The van der Waals surface area contributed by atoms with Crippen molar-refractivity contribution in [2.45, 2.75) is 25.4 Å². The zero-order chi connectivity index (χ0) is 8.60. The van der Waals surface area contributed by atoms with Crippen LogP contribution in [0.2, 0.25) is 0 Å². The molecule has 2 rings (SSSR count). The Balaban J connectivity index is 2.28. The SMILES string of the molecule is CC([O])(c1ccccn1)C1CC1. The van der Waals surface area contributed by atoms with Gasteiger partial charge in [-0.2, -0.15) is 0 Å². The summed E-state index contributed by atoms with van der Waals surface area (Å²) in [4.78, 5) is 4.10. The standard InChI is InChI=1S/C10H12NO/c1-10(12,8-5-6-8)9-4-2-3-7-11-9/h2-4,7-8H,5-6H2,1H3. The van der Waals surface area contributed by atoms with Crippen molar-refractivity contribution in [3.8, 4) is 0 Å². The Morgan fingerprint density at radius 3 is 2.75 bits per heavy atom. The minimum atomic E-state index is -0.957. The van der Waals surface area contributed by atoms with Gasteiger partial charge >= 0.3 is 0 Å². The molecule has 2 nitrogen and oxygen atoms in total. The Kier molecular flexibility index (Phi) is 1.65. The van der Waals surface area contributed by atoms with Crippen LogP contribution in [0.4, 0.5) is 0 Å². The fourth-order valence-corrected chi connectivity index (χ4v) is 1.50. The Hall–Kier alpha value is -0.890. The minimum Gasteiger partial charge on any atom is -0.258 e. The van der Waals surface area contributed by atoms with E-state index in [0.717, 1.165) is 12.8 Å². The fraction of sp³-hybridized carbons (Fsp3) is 0.500. The maximum Gasteiger partial charge on any atom is 0.145 e. The molecular weight excluding hydrogens is 150 g/mol. The van der Waals surface area contributed by atoms with Crippen LogP contribution in [0.1, 0.15) is 25.5 Å². The van der Waals surface area contributed by atoms with E-state index in [1.165, 1.54) is 0 Å². The molecule has 1 radical (unpaired) electrons. The number of hydrogen-bond acceptors (Lipinski definition) is 1. The molecule has 1 heterocycles. The van der Waals surface area contributed by atoms with Gasteiger partial charge < -0.3 is 0 Å². The highest BCUT2D eigenvalue weighted by Gasteiger charge is 2.43. The maximum atomic E-state index is 12.0. The molecule has 0 aliphatic heterocycles. The van der Waals surface area contributed by atoms with Gasteiger partial charge in [0.15, 0.2) is 0 Å². The summed E-state index contributed by atoms with van der Waals surface area (Å²) >= 11 is 0. The Morgan fingerprint density at radius 1 is 1.50 bits per heavy atom. The number of pyridine rings is 1. The predicted octanol–water partition coefficient (Wildman–Crippen LogP) is 2.14. The highest BCUT2D eigenvalue weighted by atomic mass is 16.3. The molecule has 63 valence electrons. The molecule has 1 saturated carbocycles. The lowest BCUT2D eigenvalue weighted by Crippen LogP contribution is -2.23. The molecule has 1 aromatic rings. The summed E-state index contributed by atoms with van der Waals surface area (Å²) in [6.45, 7) is 1.74. The first kappa shape index (κ1) is 7.74. The van der Waals surface area contributed by atoms with Crippen LogP contribution >= 0.6 is 0 Å². The van der Waals surface area contributed by atoms with Gasteiger partial charge in [-0.1, -0.05) is 6.07 Å². The van der Waals surface area contributed by atoms with E-state index in [9.17, 15) is 5.11 Å². The lowest BCUT2D eigenvalue weighted by atomic mass is 9.96. The van der Waals surface area contributed by atoms with Gasteiger partial charge in [0.2, 0.25) is 0 Å². The third-order valence-corrected chi connectivity index (χ3v) is 2.53. The zero-order valence-corrected chi connectivity index (χ0v) is 7.16. The Morgan fingerprint density at radius 2 is 2.25 bits per heavy atom. The van der Waals surface area contributed by atoms with Crippen LogP contribution in [0.5, 0.6) is 0 Å². The lowest BCUT2D eigenvalue weighted by molar-refractivity contribution is -0.0419. The predicted molar refractivity (Wildman–Crippen MR) is 45.0 cm³/mol. The smallest absolute Gasteiger partial charge is 0.145 e. The van der Waals surface area contributed by atoms with Crippen molar-refractivity contribution < 1.29 is 5.11 Å². The van der Waals surface area contributed by atoms with Crippen LogP contribution in [0.25, 0.3) is 0 Å². The molecule has 1 aromatic heterocycles. The summed E-state index contributed by atoms with van der Waals surface area (Å²) in [5.74, 6) is 0.312. The van der Waals surface area contributed by atoms with Gasteiger partial charge in [0, 0.05) is 6.20 Å². The van der Waals surface area contributed by atoms with E-state index in [1.54, 1.807) is 13.1 Å². The van der Waals surface area contributed by atoms with Gasteiger partial charge in [0.1, 0.15) is 5.60 Å². The van der Waals surface area contributed by atoms with E-state index < -0.39 is 5.60 Å². The average Bonchev–Trinajstić information content (AvgIpc) is 2.88. The second-order valence-electron chi connectivity index (χ2n) is 3.60. The average molecular weight is 162 g/mol. The highest BCUT2D eigenvalue weighted by Crippen LogP contribution is 2.45. The fourth-order valence-electron chi connectivity index (χ4n) is 1.50. The molecule has 1 aliphatic rings. The molecule has 0 amide bonds. The third-order valence-electron chi connectivity index (χ3n) is 2.53. The number of aromatic nitrogens is 1. The van der Waals surface area contributed by atoms with Gasteiger partial charge in [-0.15, -0.1) is 0 Å². The second kappa shape index (κ2) is 2.56. The van der Waals surface area contributed by atoms with E-state index in [1.807, 2.05) is 18.2 Å². The first-order chi connectivity index (χ1) is 5.71. The molecule has 1 unspecified atom stereocenters. The Bertz CT molecular complexity index is 264. The van der Waals surface area contributed by atoms with Crippen LogP contribution in [0.15, 0.2) is 24.4 Å². The van der Waals surface area contributed by atoms with Crippen LogP contribution < -0.4 is 0 Å². The molecule has 1 aliphatic carbocycles. The van der Waals surface area contributed by atoms with E-state index in [4.69, 9.17) is 0 Å². The quantitative estimate of drug-likeness (QED) is 0.655. The number of rotatable bonds is 2. The third kappa shape index (κ3) is 1.23. The van der Waals surface area contributed by atoms with Gasteiger partial charge in [-0.25, -0.2) is 5.11 Å². The Labute approximate surface area is 72.3 Å². The second-order valence-corrected chi connectivity index (χ2v) is 3.60. The van der Waals surface area contributed by atoms with E-state index in [0.29, 0.717) is 11.6 Å². The van der Waals surface area contributed by atoms with E-state index >= 15 is 0 Å². The summed E-state index contributed by atoms with van der Waals surface area (Å²) in [6.07, 6.45) is 3.82.